The zero-order valence-corrected chi connectivity index (χ0v) is 10.8. The first-order chi connectivity index (χ1) is 8.40. The van der Waals surface area contributed by atoms with Gasteiger partial charge >= 0.3 is 12.0 Å². The van der Waals surface area contributed by atoms with Crippen molar-refractivity contribution in [1.82, 2.24) is 10.2 Å². The van der Waals surface area contributed by atoms with Gasteiger partial charge in [0.1, 0.15) is 0 Å². The van der Waals surface area contributed by atoms with Gasteiger partial charge in [-0.2, -0.15) is 0 Å². The van der Waals surface area contributed by atoms with Gasteiger partial charge in [0.15, 0.2) is 6.10 Å². The molecule has 18 heavy (non-hydrogen) atoms. The Bertz CT molecular complexity index is 270. The van der Waals surface area contributed by atoms with E-state index in [0.717, 1.165) is 0 Å². The molecule has 7 heteroatoms. The SMILES string of the molecule is CC(C)N(CCCO)C(=O)NCC[C@H](O)C(=O)O. The number of hydrogen-bond donors (Lipinski definition) is 4. The lowest BCUT2D eigenvalue weighted by atomic mass is 10.2. The summed E-state index contributed by atoms with van der Waals surface area (Å²) in [6.07, 6.45) is -1.01. The zero-order valence-electron chi connectivity index (χ0n) is 10.8. The predicted octanol–water partition coefficient (Wildman–Crippen LogP) is -0.376. The lowest BCUT2D eigenvalue weighted by Crippen LogP contribution is -2.45. The van der Waals surface area contributed by atoms with E-state index < -0.39 is 12.1 Å². The van der Waals surface area contributed by atoms with E-state index in [1.807, 2.05) is 13.8 Å². The van der Waals surface area contributed by atoms with Gasteiger partial charge in [0.05, 0.1) is 0 Å². The summed E-state index contributed by atoms with van der Waals surface area (Å²) in [6.45, 7) is 4.23. The van der Waals surface area contributed by atoms with Crippen molar-refractivity contribution >= 4 is 12.0 Å². The third kappa shape index (κ3) is 6.41. The quantitative estimate of drug-likeness (QED) is 0.477. The van der Waals surface area contributed by atoms with E-state index in [-0.39, 0.29) is 31.6 Å². The fourth-order valence-electron chi connectivity index (χ4n) is 1.38. The molecule has 0 rings (SSSR count). The van der Waals surface area contributed by atoms with Gasteiger partial charge in [-0.3, -0.25) is 0 Å². The van der Waals surface area contributed by atoms with Crippen LogP contribution in [0.5, 0.6) is 0 Å². The lowest BCUT2D eigenvalue weighted by Gasteiger charge is -2.26. The number of hydrogen-bond acceptors (Lipinski definition) is 4. The second-order valence-corrected chi connectivity index (χ2v) is 4.24. The van der Waals surface area contributed by atoms with Crippen LogP contribution in [0.1, 0.15) is 26.7 Å². The number of aliphatic hydroxyl groups is 2. The van der Waals surface area contributed by atoms with Crippen LogP contribution in [0.25, 0.3) is 0 Å². The van der Waals surface area contributed by atoms with Crippen LogP contribution < -0.4 is 5.32 Å². The number of urea groups is 1. The molecule has 0 aromatic carbocycles. The molecule has 0 fully saturated rings. The maximum Gasteiger partial charge on any atom is 0.332 e. The summed E-state index contributed by atoms with van der Waals surface area (Å²) in [7, 11) is 0. The molecule has 0 unspecified atom stereocenters. The Morgan fingerprint density at radius 3 is 2.39 bits per heavy atom. The number of aliphatic hydroxyl groups excluding tert-OH is 2. The third-order valence-corrected chi connectivity index (χ3v) is 2.42. The number of carboxylic acids is 1. The average Bonchev–Trinajstić information content (AvgIpc) is 2.28. The number of carboxylic acid groups (broad SMARTS) is 1. The highest BCUT2D eigenvalue weighted by atomic mass is 16.4. The number of amides is 2. The van der Waals surface area contributed by atoms with Gasteiger partial charge in [-0.05, 0) is 20.3 Å². The molecule has 7 nitrogen and oxygen atoms in total. The van der Waals surface area contributed by atoms with Crippen molar-refractivity contribution in [2.75, 3.05) is 19.7 Å². The summed E-state index contributed by atoms with van der Waals surface area (Å²) < 4.78 is 0. The molecule has 0 spiro atoms. The Labute approximate surface area is 106 Å². The van der Waals surface area contributed by atoms with Crippen molar-refractivity contribution in [2.45, 2.75) is 38.8 Å². The fraction of sp³-hybridized carbons (Fsp3) is 0.818. The van der Waals surface area contributed by atoms with Crippen molar-refractivity contribution in [3.8, 4) is 0 Å². The van der Waals surface area contributed by atoms with Crippen LogP contribution in [-0.2, 0) is 4.79 Å². The fourth-order valence-corrected chi connectivity index (χ4v) is 1.38. The van der Waals surface area contributed by atoms with Gasteiger partial charge in [-0.15, -0.1) is 0 Å². The summed E-state index contributed by atoms with van der Waals surface area (Å²) in [6, 6.07) is -0.336. The monoisotopic (exact) mass is 262 g/mol. The standard InChI is InChI=1S/C11H22N2O5/c1-8(2)13(6-3-7-14)11(18)12-5-4-9(15)10(16)17/h8-9,14-15H,3-7H2,1-2H3,(H,12,18)(H,16,17)/t9-/m0/s1. The minimum Gasteiger partial charge on any atom is -0.479 e. The molecular weight excluding hydrogens is 240 g/mol. The molecule has 0 aromatic heterocycles. The number of aliphatic carboxylic acids is 1. The highest BCUT2D eigenvalue weighted by Crippen LogP contribution is 2.00. The minimum atomic E-state index is -1.46. The zero-order chi connectivity index (χ0) is 14.1. The van der Waals surface area contributed by atoms with Gasteiger partial charge < -0.3 is 25.5 Å². The average molecular weight is 262 g/mol. The Morgan fingerprint density at radius 1 is 1.33 bits per heavy atom. The molecule has 106 valence electrons. The van der Waals surface area contributed by atoms with E-state index in [9.17, 15) is 9.59 Å². The van der Waals surface area contributed by atoms with Gasteiger partial charge in [0.25, 0.3) is 0 Å². The van der Waals surface area contributed by atoms with Crippen molar-refractivity contribution in [2.24, 2.45) is 0 Å². The Morgan fingerprint density at radius 2 is 1.94 bits per heavy atom. The van der Waals surface area contributed by atoms with Crippen molar-refractivity contribution in [3.05, 3.63) is 0 Å². The van der Waals surface area contributed by atoms with Gasteiger partial charge in [-0.1, -0.05) is 0 Å². The number of carbonyl (C=O) groups is 2. The highest BCUT2D eigenvalue weighted by molar-refractivity contribution is 5.75. The molecule has 1 atom stereocenters. The number of carbonyl (C=O) groups excluding carboxylic acids is 1. The minimum absolute atomic E-state index is 0.00816. The molecule has 0 saturated heterocycles. The van der Waals surface area contributed by atoms with E-state index in [0.29, 0.717) is 13.0 Å². The maximum atomic E-state index is 11.7. The first kappa shape index (κ1) is 16.7. The van der Waals surface area contributed by atoms with Crippen LogP contribution in [0.2, 0.25) is 0 Å². The number of nitrogens with one attached hydrogen (secondary N) is 1. The van der Waals surface area contributed by atoms with E-state index in [2.05, 4.69) is 5.32 Å². The largest absolute Gasteiger partial charge is 0.479 e. The Hall–Kier alpha value is -1.34. The molecule has 0 heterocycles. The highest BCUT2D eigenvalue weighted by Gasteiger charge is 2.17. The van der Waals surface area contributed by atoms with E-state index in [1.54, 1.807) is 4.90 Å². The summed E-state index contributed by atoms with van der Waals surface area (Å²) >= 11 is 0. The molecule has 0 bridgehead atoms. The lowest BCUT2D eigenvalue weighted by molar-refractivity contribution is -0.146. The van der Waals surface area contributed by atoms with Crippen molar-refractivity contribution in [1.29, 1.82) is 0 Å². The maximum absolute atomic E-state index is 11.7. The van der Waals surface area contributed by atoms with Crippen molar-refractivity contribution in [3.63, 3.8) is 0 Å². The smallest absolute Gasteiger partial charge is 0.332 e. The second-order valence-electron chi connectivity index (χ2n) is 4.24. The van der Waals surface area contributed by atoms with E-state index in [1.165, 1.54) is 0 Å². The molecule has 0 aliphatic rings. The Kier molecular flexibility index (Phi) is 8.06. The molecule has 0 aromatic rings. The summed E-state index contributed by atoms with van der Waals surface area (Å²) in [4.78, 5) is 23.6. The van der Waals surface area contributed by atoms with Crippen LogP contribution in [0, 0.1) is 0 Å². The van der Waals surface area contributed by atoms with Gasteiger partial charge in [0, 0.05) is 32.2 Å². The molecular formula is C11H22N2O5. The Balaban J connectivity index is 4.06. The first-order valence-electron chi connectivity index (χ1n) is 5.96. The molecule has 4 N–H and O–H groups in total. The summed E-state index contributed by atoms with van der Waals surface area (Å²) in [5.41, 5.74) is 0. The molecule has 0 saturated carbocycles. The summed E-state index contributed by atoms with van der Waals surface area (Å²) in [5.74, 6) is -1.30. The van der Waals surface area contributed by atoms with E-state index in [4.69, 9.17) is 15.3 Å². The second kappa shape index (κ2) is 8.71. The first-order valence-corrected chi connectivity index (χ1v) is 5.96. The molecule has 0 aliphatic heterocycles. The summed E-state index contributed by atoms with van der Waals surface area (Å²) in [5, 5.41) is 28.8. The van der Waals surface area contributed by atoms with Crippen LogP contribution in [0.3, 0.4) is 0 Å². The third-order valence-electron chi connectivity index (χ3n) is 2.42. The normalized spacial score (nSPS) is 12.3. The topological polar surface area (TPSA) is 110 Å². The van der Waals surface area contributed by atoms with Crippen LogP contribution in [0.4, 0.5) is 4.79 Å². The number of rotatable bonds is 8. The van der Waals surface area contributed by atoms with Gasteiger partial charge in [0.2, 0.25) is 0 Å². The van der Waals surface area contributed by atoms with Crippen LogP contribution in [0.15, 0.2) is 0 Å². The van der Waals surface area contributed by atoms with Crippen molar-refractivity contribution < 1.29 is 24.9 Å². The van der Waals surface area contributed by atoms with Gasteiger partial charge in [-0.25, -0.2) is 9.59 Å². The molecule has 2 amide bonds. The molecule has 0 aliphatic carbocycles. The molecule has 0 radical (unpaired) electrons. The number of nitrogens with zero attached hydrogens (tertiary/aromatic N) is 1. The van der Waals surface area contributed by atoms with Crippen LogP contribution >= 0.6 is 0 Å². The van der Waals surface area contributed by atoms with E-state index >= 15 is 0 Å². The van der Waals surface area contributed by atoms with Crippen LogP contribution in [-0.4, -0.2) is 64.1 Å². The predicted molar refractivity (Wildman–Crippen MR) is 65.2 cm³/mol.